The fourth-order valence-electron chi connectivity index (χ4n) is 1.30. The largest absolute Gasteiger partial charge is 0.449 e. The van der Waals surface area contributed by atoms with Crippen LogP contribution in [0.15, 0.2) is 0 Å². The van der Waals surface area contributed by atoms with E-state index in [0.717, 1.165) is 12.8 Å². The van der Waals surface area contributed by atoms with Gasteiger partial charge < -0.3 is 14.7 Å². The van der Waals surface area contributed by atoms with E-state index >= 15 is 0 Å². The molecule has 1 atom stereocenters. The van der Waals surface area contributed by atoms with Crippen molar-refractivity contribution in [3.8, 4) is 0 Å². The van der Waals surface area contributed by atoms with E-state index in [9.17, 15) is 9.90 Å². The Hall–Kier alpha value is -0.770. The highest BCUT2D eigenvalue weighted by atomic mass is 16.6. The number of amides is 1. The van der Waals surface area contributed by atoms with Crippen molar-refractivity contribution in [2.24, 2.45) is 0 Å². The van der Waals surface area contributed by atoms with Crippen molar-refractivity contribution in [2.75, 3.05) is 19.7 Å². The molecule has 76 valence electrons. The van der Waals surface area contributed by atoms with Crippen LogP contribution in [0.2, 0.25) is 0 Å². The van der Waals surface area contributed by atoms with Crippen molar-refractivity contribution >= 4 is 6.09 Å². The molecule has 4 heteroatoms. The number of carbonyl (C=O) groups excluding carboxylic acids is 1. The summed E-state index contributed by atoms with van der Waals surface area (Å²) in [4.78, 5) is 12.8. The number of unbranched alkanes of at least 4 members (excludes halogenated alkanes) is 1. The van der Waals surface area contributed by atoms with Crippen LogP contribution in [0.3, 0.4) is 0 Å². The van der Waals surface area contributed by atoms with E-state index in [1.54, 1.807) is 4.90 Å². The lowest BCUT2D eigenvalue weighted by atomic mass is 10.3. The summed E-state index contributed by atoms with van der Waals surface area (Å²) in [6.07, 6.45) is 1.95. The maximum absolute atomic E-state index is 11.3. The lowest BCUT2D eigenvalue weighted by Gasteiger charge is -2.14. The number of carbonyl (C=O) groups is 1. The molecule has 0 aromatic carbocycles. The summed E-state index contributed by atoms with van der Waals surface area (Å²) in [5, 5.41) is 9.17. The van der Waals surface area contributed by atoms with Gasteiger partial charge in [0.25, 0.3) is 0 Å². The number of aliphatic hydroxyl groups excluding tert-OH is 1. The average molecular weight is 187 g/mol. The summed E-state index contributed by atoms with van der Waals surface area (Å²) in [6.45, 7) is 3.58. The smallest absolute Gasteiger partial charge is 0.409 e. The summed E-state index contributed by atoms with van der Waals surface area (Å²) in [7, 11) is 0. The maximum Gasteiger partial charge on any atom is 0.409 e. The molecule has 1 heterocycles. The molecule has 0 aliphatic carbocycles. The highest BCUT2D eigenvalue weighted by Gasteiger charge is 2.25. The Bertz CT molecular complexity index is 172. The predicted octanol–water partition coefficient (Wildman–Crippen LogP) is 0.990. The van der Waals surface area contributed by atoms with Gasteiger partial charge in [0.2, 0.25) is 0 Å². The summed E-state index contributed by atoms with van der Waals surface area (Å²) in [5.74, 6) is 0. The number of rotatable bonds is 3. The number of ether oxygens (including phenoxy) is 1. The summed E-state index contributed by atoms with van der Waals surface area (Å²) >= 11 is 0. The first kappa shape index (κ1) is 10.3. The monoisotopic (exact) mass is 187 g/mol. The molecule has 0 radical (unpaired) electrons. The van der Waals surface area contributed by atoms with Crippen LogP contribution >= 0.6 is 0 Å². The van der Waals surface area contributed by atoms with Gasteiger partial charge in [0, 0.05) is 13.1 Å². The van der Waals surface area contributed by atoms with Crippen molar-refractivity contribution in [1.82, 2.24) is 4.90 Å². The Morgan fingerprint density at radius 1 is 1.69 bits per heavy atom. The molecule has 0 aromatic rings. The van der Waals surface area contributed by atoms with Crippen LogP contribution in [0.1, 0.15) is 26.2 Å². The number of likely N-dealkylation sites (tertiary alicyclic amines) is 1. The van der Waals surface area contributed by atoms with Crippen LogP contribution in [0, 0.1) is 0 Å². The molecular weight excluding hydrogens is 170 g/mol. The Balaban J connectivity index is 2.16. The molecule has 0 aromatic heterocycles. The van der Waals surface area contributed by atoms with Crippen molar-refractivity contribution in [1.29, 1.82) is 0 Å². The second kappa shape index (κ2) is 5.07. The normalized spacial score (nSPS) is 22.0. The molecule has 1 aliphatic rings. The molecule has 1 fully saturated rings. The molecule has 0 bridgehead atoms. The van der Waals surface area contributed by atoms with E-state index in [2.05, 4.69) is 0 Å². The predicted molar refractivity (Wildman–Crippen MR) is 48.5 cm³/mol. The Labute approximate surface area is 78.5 Å². The van der Waals surface area contributed by atoms with E-state index in [1.807, 2.05) is 6.92 Å². The lowest BCUT2D eigenvalue weighted by molar-refractivity contribution is 0.102. The van der Waals surface area contributed by atoms with E-state index in [-0.39, 0.29) is 12.2 Å². The molecule has 1 aliphatic heterocycles. The van der Waals surface area contributed by atoms with Gasteiger partial charge in [-0.25, -0.2) is 4.79 Å². The van der Waals surface area contributed by atoms with Crippen molar-refractivity contribution in [3.63, 3.8) is 0 Å². The first-order valence-corrected chi connectivity index (χ1v) is 4.83. The third kappa shape index (κ3) is 3.22. The molecule has 1 amide bonds. The molecule has 1 N–H and O–H groups in total. The van der Waals surface area contributed by atoms with Crippen LogP contribution in [0.4, 0.5) is 4.79 Å². The van der Waals surface area contributed by atoms with Gasteiger partial charge in [-0.2, -0.15) is 0 Å². The van der Waals surface area contributed by atoms with Crippen LogP contribution < -0.4 is 0 Å². The van der Waals surface area contributed by atoms with Crippen molar-refractivity contribution in [3.05, 3.63) is 0 Å². The zero-order valence-corrected chi connectivity index (χ0v) is 8.03. The van der Waals surface area contributed by atoms with E-state index in [4.69, 9.17) is 4.74 Å². The summed E-state index contributed by atoms with van der Waals surface area (Å²) in [5.41, 5.74) is 0. The van der Waals surface area contributed by atoms with E-state index in [0.29, 0.717) is 26.1 Å². The van der Waals surface area contributed by atoms with E-state index in [1.165, 1.54) is 0 Å². The summed E-state index contributed by atoms with van der Waals surface area (Å²) in [6, 6.07) is 0. The van der Waals surface area contributed by atoms with Gasteiger partial charge in [-0.15, -0.1) is 0 Å². The minimum Gasteiger partial charge on any atom is -0.449 e. The minimum absolute atomic E-state index is 0.287. The number of aliphatic hydroxyl groups is 1. The van der Waals surface area contributed by atoms with Gasteiger partial charge in [0.1, 0.15) is 0 Å². The van der Waals surface area contributed by atoms with Crippen LogP contribution in [0.5, 0.6) is 0 Å². The topological polar surface area (TPSA) is 49.8 Å². The fourth-order valence-corrected chi connectivity index (χ4v) is 1.30. The fraction of sp³-hybridized carbons (Fsp3) is 0.889. The van der Waals surface area contributed by atoms with E-state index < -0.39 is 0 Å². The van der Waals surface area contributed by atoms with Gasteiger partial charge in [0.05, 0.1) is 12.7 Å². The average Bonchev–Trinajstić information content (AvgIpc) is 2.52. The first-order valence-electron chi connectivity index (χ1n) is 4.83. The second-order valence-electron chi connectivity index (χ2n) is 3.36. The Morgan fingerprint density at radius 3 is 3.00 bits per heavy atom. The number of nitrogens with zero attached hydrogens (tertiary/aromatic N) is 1. The van der Waals surface area contributed by atoms with Gasteiger partial charge in [-0.3, -0.25) is 0 Å². The third-order valence-corrected chi connectivity index (χ3v) is 2.15. The standard InChI is InChI=1S/C9H17NO3/c1-2-3-6-13-9(12)10-5-4-8(11)7-10/h8,11H,2-7H2,1H3/t8-/m0/s1. The molecule has 0 unspecified atom stereocenters. The van der Waals surface area contributed by atoms with Crippen LogP contribution in [0.25, 0.3) is 0 Å². The summed E-state index contributed by atoms with van der Waals surface area (Å²) < 4.78 is 4.99. The molecule has 0 spiro atoms. The minimum atomic E-state index is -0.362. The number of β-amino-alcohol motifs (C(OH)–C–C–N with tert-alkyl or cyclic N) is 1. The zero-order valence-electron chi connectivity index (χ0n) is 8.03. The lowest BCUT2D eigenvalue weighted by Crippen LogP contribution is -2.30. The quantitative estimate of drug-likeness (QED) is 0.670. The van der Waals surface area contributed by atoms with Crippen molar-refractivity contribution < 1.29 is 14.6 Å². The van der Waals surface area contributed by atoms with Gasteiger partial charge in [-0.05, 0) is 12.8 Å². The third-order valence-electron chi connectivity index (χ3n) is 2.15. The molecule has 0 saturated carbocycles. The number of hydrogen-bond acceptors (Lipinski definition) is 3. The van der Waals surface area contributed by atoms with Gasteiger partial charge in [-0.1, -0.05) is 13.3 Å². The molecule has 1 rings (SSSR count). The van der Waals surface area contributed by atoms with Crippen LogP contribution in [-0.4, -0.2) is 41.9 Å². The molecule has 13 heavy (non-hydrogen) atoms. The SMILES string of the molecule is CCCCOC(=O)N1CC[C@H](O)C1. The Morgan fingerprint density at radius 2 is 2.46 bits per heavy atom. The molecule has 1 saturated heterocycles. The molecular formula is C9H17NO3. The molecule has 4 nitrogen and oxygen atoms in total. The van der Waals surface area contributed by atoms with Crippen molar-refractivity contribution in [2.45, 2.75) is 32.3 Å². The first-order chi connectivity index (χ1) is 6.24. The number of hydrogen-bond donors (Lipinski definition) is 1. The Kier molecular flexibility index (Phi) is 4.02. The maximum atomic E-state index is 11.3. The zero-order chi connectivity index (χ0) is 9.68. The van der Waals surface area contributed by atoms with Crippen LogP contribution in [-0.2, 0) is 4.74 Å². The highest BCUT2D eigenvalue weighted by Crippen LogP contribution is 2.09. The second-order valence-corrected chi connectivity index (χ2v) is 3.36. The van der Waals surface area contributed by atoms with Gasteiger partial charge >= 0.3 is 6.09 Å². The highest BCUT2D eigenvalue weighted by molar-refractivity contribution is 5.67. The van der Waals surface area contributed by atoms with Gasteiger partial charge in [0.15, 0.2) is 0 Å².